The van der Waals surface area contributed by atoms with Crippen molar-refractivity contribution >= 4 is 10.9 Å². The Kier molecular flexibility index (Phi) is 2.73. The third-order valence-corrected chi connectivity index (χ3v) is 2.68. The molecule has 0 amide bonds. The van der Waals surface area contributed by atoms with Gasteiger partial charge in [0, 0.05) is 24.1 Å². The molecule has 2 nitrogen and oxygen atoms in total. The zero-order chi connectivity index (χ0) is 10.8. The van der Waals surface area contributed by atoms with E-state index in [-0.39, 0.29) is 5.82 Å². The monoisotopic (exact) mass is 206 g/mol. The predicted molar refractivity (Wildman–Crippen MR) is 60.5 cm³/mol. The lowest BCUT2D eigenvalue weighted by Gasteiger charge is -1.98. The third kappa shape index (κ3) is 1.88. The normalized spacial score (nSPS) is 11.1. The highest BCUT2D eigenvalue weighted by Crippen LogP contribution is 2.21. The van der Waals surface area contributed by atoms with Gasteiger partial charge in [-0.25, -0.2) is 4.39 Å². The van der Waals surface area contributed by atoms with Crippen LogP contribution in [0.25, 0.3) is 10.9 Å². The van der Waals surface area contributed by atoms with E-state index in [1.807, 2.05) is 24.7 Å². The number of nitrogens with one attached hydrogen (secondary N) is 1. The van der Waals surface area contributed by atoms with Gasteiger partial charge in [0.1, 0.15) is 5.82 Å². The number of benzene rings is 1. The van der Waals surface area contributed by atoms with Crippen molar-refractivity contribution in [2.75, 3.05) is 13.6 Å². The van der Waals surface area contributed by atoms with E-state index in [9.17, 15) is 4.39 Å². The average molecular weight is 206 g/mol. The molecule has 1 N–H and O–H groups in total. The second kappa shape index (κ2) is 4.03. The van der Waals surface area contributed by atoms with Gasteiger partial charge in [-0.15, -0.1) is 0 Å². The van der Waals surface area contributed by atoms with Crippen LogP contribution in [0.5, 0.6) is 0 Å². The molecule has 2 rings (SSSR count). The maximum absolute atomic E-state index is 13.1. The van der Waals surface area contributed by atoms with Crippen molar-refractivity contribution < 1.29 is 4.39 Å². The van der Waals surface area contributed by atoms with Crippen LogP contribution in [-0.4, -0.2) is 18.2 Å². The minimum Gasteiger partial charge on any atom is -0.350 e. The molecule has 3 heteroatoms. The number of rotatable bonds is 3. The van der Waals surface area contributed by atoms with Crippen molar-refractivity contribution in [3.63, 3.8) is 0 Å². The molecule has 0 radical (unpaired) electrons. The number of nitrogens with zero attached hydrogens (tertiary/aromatic N) is 1. The average Bonchev–Trinajstić information content (AvgIpc) is 2.52. The van der Waals surface area contributed by atoms with E-state index < -0.39 is 0 Å². The fourth-order valence-electron chi connectivity index (χ4n) is 1.90. The molecule has 0 spiro atoms. The molecule has 1 aromatic heterocycles. The van der Waals surface area contributed by atoms with Crippen molar-refractivity contribution in [2.45, 2.75) is 6.42 Å². The van der Waals surface area contributed by atoms with Crippen LogP contribution in [0.3, 0.4) is 0 Å². The van der Waals surface area contributed by atoms with Crippen molar-refractivity contribution in [1.29, 1.82) is 0 Å². The highest BCUT2D eigenvalue weighted by molar-refractivity contribution is 5.84. The number of aromatic nitrogens is 1. The first-order valence-electron chi connectivity index (χ1n) is 5.10. The molecule has 0 fully saturated rings. The van der Waals surface area contributed by atoms with Gasteiger partial charge >= 0.3 is 0 Å². The van der Waals surface area contributed by atoms with Crippen LogP contribution >= 0.6 is 0 Å². The molecular formula is C12H15FN2. The fourth-order valence-corrected chi connectivity index (χ4v) is 1.90. The van der Waals surface area contributed by atoms with Gasteiger partial charge in [-0.05, 0) is 43.8 Å². The second-order valence-electron chi connectivity index (χ2n) is 3.78. The van der Waals surface area contributed by atoms with Gasteiger partial charge < -0.3 is 9.88 Å². The summed E-state index contributed by atoms with van der Waals surface area (Å²) in [5.74, 6) is -0.167. The molecule has 1 aromatic carbocycles. The zero-order valence-corrected chi connectivity index (χ0v) is 9.05. The summed E-state index contributed by atoms with van der Waals surface area (Å²) in [5.41, 5.74) is 2.28. The fraction of sp³-hybridized carbons (Fsp3) is 0.333. The number of hydrogen-bond acceptors (Lipinski definition) is 1. The van der Waals surface area contributed by atoms with Crippen molar-refractivity contribution in [2.24, 2.45) is 7.05 Å². The smallest absolute Gasteiger partial charge is 0.123 e. The summed E-state index contributed by atoms with van der Waals surface area (Å²) in [4.78, 5) is 0. The summed E-state index contributed by atoms with van der Waals surface area (Å²) < 4.78 is 15.2. The Morgan fingerprint density at radius 3 is 2.93 bits per heavy atom. The van der Waals surface area contributed by atoms with Crippen LogP contribution in [-0.2, 0) is 13.5 Å². The van der Waals surface area contributed by atoms with Crippen molar-refractivity contribution in [3.05, 3.63) is 35.8 Å². The predicted octanol–water partition coefficient (Wildman–Crippen LogP) is 2.08. The molecule has 80 valence electrons. The Balaban J connectivity index is 2.49. The molecule has 0 aliphatic heterocycles. The first-order valence-corrected chi connectivity index (χ1v) is 5.10. The maximum Gasteiger partial charge on any atom is 0.123 e. The highest BCUT2D eigenvalue weighted by atomic mass is 19.1. The van der Waals surface area contributed by atoms with Crippen molar-refractivity contribution in [3.8, 4) is 0 Å². The third-order valence-electron chi connectivity index (χ3n) is 2.68. The molecule has 0 aliphatic carbocycles. The Morgan fingerprint density at radius 2 is 2.20 bits per heavy atom. The summed E-state index contributed by atoms with van der Waals surface area (Å²) in [5, 5.41) is 4.12. The van der Waals surface area contributed by atoms with E-state index in [1.165, 1.54) is 11.6 Å². The summed E-state index contributed by atoms with van der Waals surface area (Å²) >= 11 is 0. The zero-order valence-electron chi connectivity index (χ0n) is 9.05. The van der Waals surface area contributed by atoms with Gasteiger partial charge in [0.05, 0.1) is 0 Å². The molecule has 0 bridgehead atoms. The molecule has 1 heterocycles. The summed E-state index contributed by atoms with van der Waals surface area (Å²) in [6.45, 7) is 0.912. The molecule has 0 atom stereocenters. The van der Waals surface area contributed by atoms with Gasteiger partial charge in [-0.1, -0.05) is 0 Å². The SMILES string of the molecule is CNCCc1cn(C)c2ccc(F)cc12. The topological polar surface area (TPSA) is 17.0 Å². The minimum absolute atomic E-state index is 0.167. The van der Waals surface area contributed by atoms with Crippen LogP contribution in [0.15, 0.2) is 24.4 Å². The Bertz CT molecular complexity index is 474. The molecular weight excluding hydrogens is 191 g/mol. The van der Waals surface area contributed by atoms with E-state index in [0.717, 1.165) is 23.9 Å². The molecule has 0 unspecified atom stereocenters. The number of likely N-dealkylation sites (N-methyl/N-ethyl adjacent to an activating group) is 1. The molecule has 0 saturated heterocycles. The van der Waals surface area contributed by atoms with Crippen LogP contribution in [0.2, 0.25) is 0 Å². The summed E-state index contributed by atoms with van der Waals surface area (Å²) in [7, 11) is 3.91. The van der Waals surface area contributed by atoms with Gasteiger partial charge in [0.15, 0.2) is 0 Å². The first kappa shape index (κ1) is 10.2. The Hall–Kier alpha value is -1.35. The van der Waals surface area contributed by atoms with Gasteiger partial charge in [-0.3, -0.25) is 0 Å². The maximum atomic E-state index is 13.1. The van der Waals surface area contributed by atoms with Crippen LogP contribution < -0.4 is 5.32 Å². The number of aryl methyl sites for hydroxylation is 1. The highest BCUT2D eigenvalue weighted by Gasteiger charge is 2.06. The largest absolute Gasteiger partial charge is 0.350 e. The number of halogens is 1. The lowest BCUT2D eigenvalue weighted by molar-refractivity contribution is 0.629. The summed E-state index contributed by atoms with van der Waals surface area (Å²) in [6.07, 6.45) is 3.00. The van der Waals surface area contributed by atoms with E-state index in [1.54, 1.807) is 6.07 Å². The second-order valence-corrected chi connectivity index (χ2v) is 3.78. The van der Waals surface area contributed by atoms with Crippen LogP contribution in [0.4, 0.5) is 4.39 Å². The van der Waals surface area contributed by atoms with E-state index in [2.05, 4.69) is 11.5 Å². The van der Waals surface area contributed by atoms with E-state index in [0.29, 0.717) is 0 Å². The molecule has 0 saturated carbocycles. The quantitative estimate of drug-likeness (QED) is 0.813. The molecule has 2 aromatic rings. The lowest BCUT2D eigenvalue weighted by atomic mass is 10.1. The van der Waals surface area contributed by atoms with Crippen molar-refractivity contribution in [1.82, 2.24) is 9.88 Å². The molecule has 0 aliphatic rings. The van der Waals surface area contributed by atoms with E-state index >= 15 is 0 Å². The van der Waals surface area contributed by atoms with Gasteiger partial charge in [0.2, 0.25) is 0 Å². The van der Waals surface area contributed by atoms with Gasteiger partial charge in [0.25, 0.3) is 0 Å². The minimum atomic E-state index is -0.167. The van der Waals surface area contributed by atoms with Crippen LogP contribution in [0.1, 0.15) is 5.56 Å². The number of fused-ring (bicyclic) bond motifs is 1. The van der Waals surface area contributed by atoms with Crippen LogP contribution in [0, 0.1) is 5.82 Å². The lowest BCUT2D eigenvalue weighted by Crippen LogP contribution is -2.09. The first-order chi connectivity index (χ1) is 7.22. The molecule has 15 heavy (non-hydrogen) atoms. The Morgan fingerprint density at radius 1 is 1.40 bits per heavy atom. The van der Waals surface area contributed by atoms with Gasteiger partial charge in [-0.2, -0.15) is 0 Å². The Labute approximate surface area is 88.7 Å². The number of hydrogen-bond donors (Lipinski definition) is 1. The summed E-state index contributed by atoms with van der Waals surface area (Å²) in [6, 6.07) is 4.94. The van der Waals surface area contributed by atoms with E-state index in [4.69, 9.17) is 0 Å². The standard InChI is InChI=1S/C12H15FN2/c1-14-6-5-9-8-15(2)12-4-3-10(13)7-11(9)12/h3-4,7-8,14H,5-6H2,1-2H3.